The fourth-order valence-corrected chi connectivity index (χ4v) is 2.96. The highest BCUT2D eigenvalue weighted by Gasteiger charge is 2.27. The Bertz CT molecular complexity index is 515. The van der Waals surface area contributed by atoms with Gasteiger partial charge in [-0.25, -0.2) is 0 Å². The summed E-state index contributed by atoms with van der Waals surface area (Å²) < 4.78 is 5.64. The van der Waals surface area contributed by atoms with Crippen LogP contribution in [0.5, 0.6) is 11.5 Å². The molecule has 5 nitrogen and oxygen atoms in total. The van der Waals surface area contributed by atoms with E-state index in [0.29, 0.717) is 19.6 Å². The quantitative estimate of drug-likeness (QED) is 0.819. The van der Waals surface area contributed by atoms with Crippen molar-refractivity contribution in [3.8, 4) is 11.5 Å². The molecule has 0 radical (unpaired) electrons. The minimum atomic E-state index is -0.163. The number of hydrogen-bond donors (Lipinski definition) is 2. The van der Waals surface area contributed by atoms with Crippen LogP contribution in [0.1, 0.15) is 32.3 Å². The van der Waals surface area contributed by atoms with E-state index in [4.69, 9.17) is 4.74 Å². The van der Waals surface area contributed by atoms with E-state index in [1.165, 1.54) is 12.1 Å². The largest absolute Gasteiger partial charge is 0.504 e. The summed E-state index contributed by atoms with van der Waals surface area (Å²) in [7, 11) is 0. The van der Waals surface area contributed by atoms with E-state index in [-0.39, 0.29) is 29.4 Å². The maximum absolute atomic E-state index is 12.6. The summed E-state index contributed by atoms with van der Waals surface area (Å²) in [5.41, 5.74) is 0.842. The molecular formula is C17H25NO4. The first-order valence-electron chi connectivity index (χ1n) is 7.92. The maximum Gasteiger partial charge on any atom is 0.225 e. The second-order valence-electron chi connectivity index (χ2n) is 5.93. The summed E-state index contributed by atoms with van der Waals surface area (Å²) in [5.74, 6) is -0.328. The van der Waals surface area contributed by atoms with Gasteiger partial charge in [0.05, 0.1) is 6.10 Å². The molecule has 122 valence electrons. The van der Waals surface area contributed by atoms with Gasteiger partial charge in [-0.05, 0) is 43.9 Å². The third-order valence-corrected chi connectivity index (χ3v) is 4.10. The first-order valence-corrected chi connectivity index (χ1v) is 7.92. The van der Waals surface area contributed by atoms with E-state index in [0.717, 1.165) is 24.9 Å². The van der Waals surface area contributed by atoms with Crippen molar-refractivity contribution in [3.05, 3.63) is 23.8 Å². The highest BCUT2D eigenvalue weighted by atomic mass is 16.5. The smallest absolute Gasteiger partial charge is 0.225 e. The second kappa shape index (κ2) is 7.49. The van der Waals surface area contributed by atoms with Crippen molar-refractivity contribution < 1.29 is 19.7 Å². The van der Waals surface area contributed by atoms with E-state index in [1.807, 2.05) is 18.7 Å². The number of likely N-dealkylation sites (tertiary alicyclic amines) is 1. The van der Waals surface area contributed by atoms with E-state index < -0.39 is 0 Å². The van der Waals surface area contributed by atoms with Gasteiger partial charge in [-0.1, -0.05) is 13.0 Å². The predicted octanol–water partition coefficient (Wildman–Crippen LogP) is 2.30. The Morgan fingerprint density at radius 1 is 1.41 bits per heavy atom. The van der Waals surface area contributed by atoms with E-state index in [2.05, 4.69) is 0 Å². The minimum Gasteiger partial charge on any atom is -0.504 e. The molecule has 1 fully saturated rings. The molecular weight excluding hydrogens is 282 g/mol. The van der Waals surface area contributed by atoms with Crippen molar-refractivity contribution in [1.82, 2.24) is 4.90 Å². The van der Waals surface area contributed by atoms with Gasteiger partial charge in [0.2, 0.25) is 5.91 Å². The molecule has 1 aliphatic heterocycles. The molecule has 2 atom stereocenters. The van der Waals surface area contributed by atoms with Crippen LogP contribution in [-0.2, 0) is 16.0 Å². The van der Waals surface area contributed by atoms with Gasteiger partial charge in [-0.3, -0.25) is 4.79 Å². The minimum absolute atomic E-state index is 0.122. The van der Waals surface area contributed by atoms with Gasteiger partial charge < -0.3 is 19.8 Å². The molecule has 0 aromatic heterocycles. The Morgan fingerprint density at radius 3 is 2.86 bits per heavy atom. The fraction of sp³-hybridized carbons (Fsp3) is 0.588. The second-order valence-corrected chi connectivity index (χ2v) is 5.93. The van der Waals surface area contributed by atoms with Crippen LogP contribution in [0.2, 0.25) is 0 Å². The molecule has 1 amide bonds. The molecule has 1 heterocycles. The molecule has 22 heavy (non-hydrogen) atoms. The molecule has 0 spiro atoms. The van der Waals surface area contributed by atoms with Crippen LogP contribution in [0, 0.1) is 5.92 Å². The van der Waals surface area contributed by atoms with Crippen molar-refractivity contribution in [2.75, 3.05) is 19.7 Å². The fourth-order valence-electron chi connectivity index (χ4n) is 2.96. The van der Waals surface area contributed by atoms with Crippen molar-refractivity contribution in [2.24, 2.45) is 5.92 Å². The molecule has 2 rings (SSSR count). The number of amides is 1. The Morgan fingerprint density at radius 2 is 2.18 bits per heavy atom. The monoisotopic (exact) mass is 307 g/mol. The van der Waals surface area contributed by atoms with Gasteiger partial charge in [0, 0.05) is 25.6 Å². The number of carbonyl (C=O) groups is 1. The van der Waals surface area contributed by atoms with Gasteiger partial charge >= 0.3 is 0 Å². The summed E-state index contributed by atoms with van der Waals surface area (Å²) in [6.07, 6.45) is 2.68. The average molecular weight is 307 g/mol. The molecule has 2 N–H and O–H groups in total. The number of ether oxygens (including phenoxy) is 1. The van der Waals surface area contributed by atoms with Gasteiger partial charge in [0.25, 0.3) is 0 Å². The molecule has 0 aliphatic carbocycles. The van der Waals surface area contributed by atoms with Crippen LogP contribution in [0.25, 0.3) is 0 Å². The molecule has 1 saturated heterocycles. The lowest BCUT2D eigenvalue weighted by Gasteiger charge is -2.34. The molecule has 0 saturated carbocycles. The summed E-state index contributed by atoms with van der Waals surface area (Å²) in [6, 6.07) is 4.70. The summed E-state index contributed by atoms with van der Waals surface area (Å²) in [4.78, 5) is 14.4. The lowest BCUT2D eigenvalue weighted by atomic mass is 9.98. The topological polar surface area (TPSA) is 70.0 Å². The van der Waals surface area contributed by atoms with Crippen LogP contribution in [0.4, 0.5) is 0 Å². The SMILES string of the molecule is CCO[C@H]1CCCN(C(=O)[C@H](C)Cc2ccc(O)c(O)c2)C1. The van der Waals surface area contributed by atoms with E-state index in [9.17, 15) is 15.0 Å². The maximum atomic E-state index is 12.6. The number of rotatable bonds is 5. The summed E-state index contributed by atoms with van der Waals surface area (Å²) in [5, 5.41) is 18.9. The molecule has 5 heteroatoms. The lowest BCUT2D eigenvalue weighted by Crippen LogP contribution is -2.45. The highest BCUT2D eigenvalue weighted by Crippen LogP contribution is 2.26. The molecule has 0 bridgehead atoms. The highest BCUT2D eigenvalue weighted by molar-refractivity contribution is 5.79. The number of hydrogen-bond acceptors (Lipinski definition) is 4. The van der Waals surface area contributed by atoms with Gasteiger partial charge in [0.1, 0.15) is 0 Å². The zero-order chi connectivity index (χ0) is 16.1. The zero-order valence-electron chi connectivity index (χ0n) is 13.3. The Labute approximate surface area is 131 Å². The van der Waals surface area contributed by atoms with Crippen molar-refractivity contribution in [1.29, 1.82) is 0 Å². The van der Waals surface area contributed by atoms with Gasteiger partial charge in [-0.2, -0.15) is 0 Å². The van der Waals surface area contributed by atoms with Crippen LogP contribution < -0.4 is 0 Å². The standard InChI is InChI=1S/C17H25NO4/c1-3-22-14-5-4-8-18(11-14)17(21)12(2)9-13-6-7-15(19)16(20)10-13/h6-7,10,12,14,19-20H,3-5,8-9,11H2,1-2H3/t12-,14+/m1/s1. The summed E-state index contributed by atoms with van der Waals surface area (Å²) >= 11 is 0. The third kappa shape index (κ3) is 4.13. The van der Waals surface area contributed by atoms with Crippen LogP contribution in [-0.4, -0.2) is 46.8 Å². The Balaban J connectivity index is 1.94. The molecule has 1 aromatic rings. The first kappa shape index (κ1) is 16.6. The average Bonchev–Trinajstić information content (AvgIpc) is 2.51. The zero-order valence-corrected chi connectivity index (χ0v) is 13.3. The molecule has 1 aliphatic rings. The third-order valence-electron chi connectivity index (χ3n) is 4.10. The number of aromatic hydroxyl groups is 2. The number of benzene rings is 1. The normalized spacial score (nSPS) is 19.9. The van der Waals surface area contributed by atoms with Crippen LogP contribution >= 0.6 is 0 Å². The number of piperidine rings is 1. The van der Waals surface area contributed by atoms with Crippen molar-refractivity contribution in [3.63, 3.8) is 0 Å². The Kier molecular flexibility index (Phi) is 5.66. The number of carbonyl (C=O) groups excluding carboxylic acids is 1. The number of phenols is 2. The molecule has 0 unspecified atom stereocenters. The van der Waals surface area contributed by atoms with Gasteiger partial charge in [0.15, 0.2) is 11.5 Å². The van der Waals surface area contributed by atoms with Crippen molar-refractivity contribution in [2.45, 2.75) is 39.2 Å². The van der Waals surface area contributed by atoms with Gasteiger partial charge in [-0.15, -0.1) is 0 Å². The summed E-state index contributed by atoms with van der Waals surface area (Å²) in [6.45, 7) is 6.00. The van der Waals surface area contributed by atoms with Crippen LogP contribution in [0.3, 0.4) is 0 Å². The van der Waals surface area contributed by atoms with Crippen molar-refractivity contribution >= 4 is 5.91 Å². The molecule has 1 aromatic carbocycles. The predicted molar refractivity (Wildman–Crippen MR) is 83.9 cm³/mol. The van der Waals surface area contributed by atoms with E-state index >= 15 is 0 Å². The first-order chi connectivity index (χ1) is 10.5. The lowest BCUT2D eigenvalue weighted by molar-refractivity contribution is -0.139. The van der Waals surface area contributed by atoms with E-state index in [1.54, 1.807) is 6.07 Å². The Hall–Kier alpha value is -1.75. The van der Waals surface area contributed by atoms with Crippen LogP contribution in [0.15, 0.2) is 18.2 Å². The number of nitrogens with zero attached hydrogens (tertiary/aromatic N) is 1. The number of phenolic OH excluding ortho intramolecular Hbond substituents is 2.